The van der Waals surface area contributed by atoms with Crippen LogP contribution >= 0.6 is 0 Å². The summed E-state index contributed by atoms with van der Waals surface area (Å²) in [4.78, 5) is 31.9. The van der Waals surface area contributed by atoms with Crippen LogP contribution in [0.25, 0.3) is 5.82 Å². The quantitative estimate of drug-likeness (QED) is 0.821. The van der Waals surface area contributed by atoms with Gasteiger partial charge in [0, 0.05) is 12.2 Å². The molecule has 2 heterocycles. The maximum absolute atomic E-state index is 12.4. The maximum atomic E-state index is 12.4. The van der Waals surface area contributed by atoms with Crippen LogP contribution in [0, 0.1) is 5.92 Å². The Hall–Kier alpha value is -2.77. The SMILES string of the molecule is O=C(N[C@H]1CCCCC[C@H]1C(=O)O)c1ccc(-n2cncn2)nc1. The third-order valence-corrected chi connectivity index (χ3v) is 4.31. The van der Waals surface area contributed by atoms with Crippen LogP contribution in [0.4, 0.5) is 0 Å². The highest BCUT2D eigenvalue weighted by Crippen LogP contribution is 2.24. The molecule has 24 heavy (non-hydrogen) atoms. The van der Waals surface area contributed by atoms with Gasteiger partial charge in [0.05, 0.1) is 11.5 Å². The Morgan fingerprint density at radius 3 is 2.71 bits per heavy atom. The van der Waals surface area contributed by atoms with Gasteiger partial charge >= 0.3 is 5.97 Å². The number of pyridine rings is 1. The topological polar surface area (TPSA) is 110 Å². The Morgan fingerprint density at radius 2 is 2.04 bits per heavy atom. The van der Waals surface area contributed by atoms with Crippen LogP contribution in [0.3, 0.4) is 0 Å². The van der Waals surface area contributed by atoms with E-state index in [9.17, 15) is 14.7 Å². The molecule has 126 valence electrons. The van der Waals surface area contributed by atoms with E-state index in [2.05, 4.69) is 20.4 Å². The number of carboxylic acids is 1. The fourth-order valence-corrected chi connectivity index (χ4v) is 3.01. The number of carboxylic acid groups (broad SMARTS) is 1. The molecule has 2 N–H and O–H groups in total. The highest BCUT2D eigenvalue weighted by atomic mass is 16.4. The first-order valence-corrected chi connectivity index (χ1v) is 8.00. The Kier molecular flexibility index (Phi) is 4.83. The van der Waals surface area contributed by atoms with Crippen molar-refractivity contribution in [1.29, 1.82) is 0 Å². The Morgan fingerprint density at radius 1 is 1.21 bits per heavy atom. The van der Waals surface area contributed by atoms with Gasteiger partial charge in [-0.05, 0) is 25.0 Å². The molecular weight excluding hydrogens is 310 g/mol. The first-order valence-electron chi connectivity index (χ1n) is 8.00. The summed E-state index contributed by atoms with van der Waals surface area (Å²) < 4.78 is 1.49. The van der Waals surface area contributed by atoms with Crippen LogP contribution in [-0.4, -0.2) is 42.8 Å². The predicted octanol–water partition coefficient (Wildman–Crippen LogP) is 1.43. The number of aromatic nitrogens is 4. The summed E-state index contributed by atoms with van der Waals surface area (Å²) in [5, 5.41) is 16.2. The van der Waals surface area contributed by atoms with Crippen molar-refractivity contribution in [3.05, 3.63) is 36.5 Å². The van der Waals surface area contributed by atoms with Gasteiger partial charge in [0.1, 0.15) is 12.7 Å². The van der Waals surface area contributed by atoms with E-state index < -0.39 is 11.9 Å². The lowest BCUT2D eigenvalue weighted by Gasteiger charge is -2.22. The van der Waals surface area contributed by atoms with Crippen LogP contribution in [-0.2, 0) is 4.79 Å². The zero-order valence-corrected chi connectivity index (χ0v) is 13.1. The zero-order chi connectivity index (χ0) is 16.9. The van der Waals surface area contributed by atoms with Gasteiger partial charge in [-0.25, -0.2) is 14.6 Å². The van der Waals surface area contributed by atoms with E-state index in [1.807, 2.05) is 0 Å². The second kappa shape index (κ2) is 7.20. The number of hydrogen-bond donors (Lipinski definition) is 2. The zero-order valence-electron chi connectivity index (χ0n) is 13.1. The Labute approximate surface area is 138 Å². The standard InChI is InChI=1S/C16H19N5O3/c22-15(20-13-5-3-1-2-4-12(13)16(23)24)11-6-7-14(18-8-11)21-10-17-9-19-21/h6-10,12-13H,1-5H2,(H,20,22)(H,23,24)/t12-,13+/m1/s1. The second-order valence-electron chi connectivity index (χ2n) is 5.91. The molecule has 3 rings (SSSR count). The number of amides is 1. The van der Waals surface area contributed by atoms with Gasteiger partial charge in [-0.3, -0.25) is 9.59 Å². The summed E-state index contributed by atoms with van der Waals surface area (Å²) in [6.07, 6.45) is 8.49. The number of rotatable bonds is 4. The first kappa shape index (κ1) is 16.1. The number of aliphatic carboxylic acids is 1. The molecule has 0 bridgehead atoms. The van der Waals surface area contributed by atoms with E-state index in [0.717, 1.165) is 19.3 Å². The van der Waals surface area contributed by atoms with Gasteiger partial charge in [-0.2, -0.15) is 5.10 Å². The minimum absolute atomic E-state index is 0.300. The summed E-state index contributed by atoms with van der Waals surface area (Å²) in [5.74, 6) is -1.12. The van der Waals surface area contributed by atoms with Crippen LogP contribution in [0.5, 0.6) is 0 Å². The largest absolute Gasteiger partial charge is 0.481 e. The van der Waals surface area contributed by atoms with Crippen molar-refractivity contribution in [2.75, 3.05) is 0 Å². The number of nitrogens with one attached hydrogen (secondary N) is 1. The minimum atomic E-state index is -0.846. The van der Waals surface area contributed by atoms with Crippen LogP contribution in [0.2, 0.25) is 0 Å². The van der Waals surface area contributed by atoms with Crippen molar-refractivity contribution >= 4 is 11.9 Å². The molecule has 8 nitrogen and oxygen atoms in total. The molecule has 1 aliphatic rings. The molecule has 2 aromatic heterocycles. The van der Waals surface area contributed by atoms with Crippen LogP contribution in [0.15, 0.2) is 31.0 Å². The predicted molar refractivity (Wildman–Crippen MR) is 84.6 cm³/mol. The smallest absolute Gasteiger partial charge is 0.308 e. The Bertz CT molecular complexity index is 699. The average Bonchev–Trinajstić information content (AvgIpc) is 3.02. The van der Waals surface area contributed by atoms with Crippen LogP contribution in [0.1, 0.15) is 42.5 Å². The monoisotopic (exact) mass is 329 g/mol. The molecule has 0 unspecified atom stereocenters. The maximum Gasteiger partial charge on any atom is 0.308 e. The molecule has 1 aliphatic carbocycles. The molecule has 2 atom stereocenters. The molecule has 0 spiro atoms. The molecule has 1 fully saturated rings. The molecular formula is C16H19N5O3. The fraction of sp³-hybridized carbons (Fsp3) is 0.438. The van der Waals surface area contributed by atoms with Crippen molar-refractivity contribution < 1.29 is 14.7 Å². The Balaban J connectivity index is 1.70. The lowest BCUT2D eigenvalue weighted by Crippen LogP contribution is -2.42. The average molecular weight is 329 g/mol. The summed E-state index contributed by atoms with van der Waals surface area (Å²) in [7, 11) is 0. The molecule has 0 saturated heterocycles. The van der Waals surface area contributed by atoms with Gasteiger partial charge in [-0.1, -0.05) is 19.3 Å². The van der Waals surface area contributed by atoms with Crippen molar-refractivity contribution in [2.45, 2.75) is 38.1 Å². The second-order valence-corrected chi connectivity index (χ2v) is 5.91. The van der Waals surface area contributed by atoms with Gasteiger partial charge in [0.15, 0.2) is 5.82 Å². The number of carbonyl (C=O) groups is 2. The summed E-state index contributed by atoms with van der Waals surface area (Å²) >= 11 is 0. The normalized spacial score (nSPS) is 21.0. The number of carbonyl (C=O) groups excluding carboxylic acids is 1. The van der Waals surface area contributed by atoms with Crippen molar-refractivity contribution in [1.82, 2.24) is 25.1 Å². The molecule has 1 amide bonds. The fourth-order valence-electron chi connectivity index (χ4n) is 3.01. The molecule has 2 aromatic rings. The van der Waals surface area contributed by atoms with E-state index in [0.29, 0.717) is 24.2 Å². The summed E-state index contributed by atoms with van der Waals surface area (Å²) in [6.45, 7) is 0. The highest BCUT2D eigenvalue weighted by molar-refractivity contribution is 5.94. The van der Waals surface area contributed by atoms with E-state index in [4.69, 9.17) is 0 Å². The highest BCUT2D eigenvalue weighted by Gasteiger charge is 2.30. The summed E-state index contributed by atoms with van der Waals surface area (Å²) in [6, 6.07) is 2.98. The number of nitrogens with zero attached hydrogens (tertiary/aromatic N) is 4. The molecule has 0 aliphatic heterocycles. The van der Waals surface area contributed by atoms with E-state index in [1.54, 1.807) is 12.1 Å². The van der Waals surface area contributed by atoms with Crippen LogP contribution < -0.4 is 5.32 Å². The summed E-state index contributed by atoms with van der Waals surface area (Å²) in [5.41, 5.74) is 0.396. The van der Waals surface area contributed by atoms with Crippen molar-refractivity contribution in [3.63, 3.8) is 0 Å². The minimum Gasteiger partial charge on any atom is -0.481 e. The van der Waals surface area contributed by atoms with Gasteiger partial charge in [0.2, 0.25) is 0 Å². The molecule has 1 saturated carbocycles. The van der Waals surface area contributed by atoms with Crippen molar-refractivity contribution in [3.8, 4) is 5.82 Å². The lowest BCUT2D eigenvalue weighted by atomic mass is 9.94. The first-order chi connectivity index (χ1) is 11.6. The van der Waals surface area contributed by atoms with E-state index in [-0.39, 0.29) is 11.9 Å². The lowest BCUT2D eigenvalue weighted by molar-refractivity contribution is -0.142. The third-order valence-electron chi connectivity index (χ3n) is 4.31. The van der Waals surface area contributed by atoms with Gasteiger partial charge < -0.3 is 10.4 Å². The van der Waals surface area contributed by atoms with E-state index in [1.165, 1.54) is 23.5 Å². The van der Waals surface area contributed by atoms with Gasteiger partial charge in [-0.15, -0.1) is 0 Å². The molecule has 0 radical (unpaired) electrons. The number of hydrogen-bond acceptors (Lipinski definition) is 5. The van der Waals surface area contributed by atoms with E-state index >= 15 is 0 Å². The molecule has 8 heteroatoms. The third kappa shape index (κ3) is 3.58. The molecule has 0 aromatic carbocycles. The van der Waals surface area contributed by atoms with Crippen molar-refractivity contribution in [2.24, 2.45) is 5.92 Å². The van der Waals surface area contributed by atoms with Gasteiger partial charge in [0.25, 0.3) is 5.91 Å².